The normalized spacial score (nSPS) is 11.9. The third-order valence-corrected chi connectivity index (χ3v) is 4.51. The maximum absolute atomic E-state index is 9.87. The number of nitriles is 5. The number of hydrogen-bond acceptors (Lipinski definition) is 7. The van der Waals surface area contributed by atoms with Crippen molar-refractivity contribution >= 4 is 22.5 Å². The Morgan fingerprint density at radius 2 is 1.30 bits per heavy atom. The fourth-order valence-corrected chi connectivity index (χ4v) is 2.98. The molecule has 33 heavy (non-hydrogen) atoms. The lowest BCUT2D eigenvalue weighted by molar-refractivity contribution is 1.10. The number of hydrogen-bond donors (Lipinski definition) is 2. The number of anilines is 2. The highest BCUT2D eigenvalue weighted by Crippen LogP contribution is 2.32. The van der Waals surface area contributed by atoms with Gasteiger partial charge in [-0.15, -0.1) is 0 Å². The predicted molar refractivity (Wildman–Crippen MR) is 122 cm³/mol. The SMILES string of the molecule is [C-]#[N+]/C(C#N)=C(/C(C#N)=C/C(C#N)=C(\c1ccc(N)cc1)C(C#N)C#N)c1ccc(N)cc1. The van der Waals surface area contributed by atoms with Gasteiger partial charge in [0.1, 0.15) is 0 Å². The molecular weight excluding hydrogens is 412 g/mol. The summed E-state index contributed by atoms with van der Waals surface area (Å²) >= 11 is 0. The molecule has 8 heteroatoms. The summed E-state index contributed by atoms with van der Waals surface area (Å²) < 4.78 is 0. The zero-order valence-corrected chi connectivity index (χ0v) is 17.1. The van der Waals surface area contributed by atoms with Crippen molar-refractivity contribution in [3.8, 4) is 30.3 Å². The van der Waals surface area contributed by atoms with Crippen molar-refractivity contribution in [1.82, 2.24) is 0 Å². The highest BCUT2D eigenvalue weighted by molar-refractivity contribution is 5.90. The van der Waals surface area contributed by atoms with E-state index in [0.29, 0.717) is 22.5 Å². The molecule has 0 aliphatic heterocycles. The maximum Gasteiger partial charge on any atom is 0.270 e. The average Bonchev–Trinajstić information content (AvgIpc) is 2.84. The van der Waals surface area contributed by atoms with Crippen molar-refractivity contribution in [2.45, 2.75) is 0 Å². The second kappa shape index (κ2) is 10.8. The topological polar surface area (TPSA) is 175 Å². The van der Waals surface area contributed by atoms with E-state index in [1.54, 1.807) is 54.6 Å². The van der Waals surface area contributed by atoms with Gasteiger partial charge in [-0.1, -0.05) is 24.3 Å². The minimum Gasteiger partial charge on any atom is -0.399 e. The summed E-state index contributed by atoms with van der Waals surface area (Å²) in [4.78, 5) is 3.22. The van der Waals surface area contributed by atoms with E-state index in [2.05, 4.69) is 4.85 Å². The summed E-state index contributed by atoms with van der Waals surface area (Å²) in [6.45, 7) is 7.35. The molecule has 0 spiro atoms. The van der Waals surface area contributed by atoms with Crippen LogP contribution in [-0.2, 0) is 0 Å². The van der Waals surface area contributed by atoms with Crippen molar-refractivity contribution in [2.24, 2.45) is 5.92 Å². The molecule has 0 bridgehead atoms. The molecule has 154 valence electrons. The van der Waals surface area contributed by atoms with Crippen molar-refractivity contribution < 1.29 is 0 Å². The molecule has 0 radical (unpaired) electrons. The van der Waals surface area contributed by atoms with E-state index >= 15 is 0 Å². The molecule has 0 fully saturated rings. The molecule has 0 aliphatic carbocycles. The van der Waals surface area contributed by atoms with Crippen molar-refractivity contribution in [3.63, 3.8) is 0 Å². The Morgan fingerprint density at radius 3 is 1.70 bits per heavy atom. The first-order valence-corrected chi connectivity index (χ1v) is 9.23. The molecule has 0 amide bonds. The molecular formula is C25H14N8. The van der Waals surface area contributed by atoms with Gasteiger partial charge in [-0.2, -0.15) is 21.0 Å². The molecule has 0 saturated carbocycles. The van der Waals surface area contributed by atoms with Crippen LogP contribution < -0.4 is 11.5 Å². The van der Waals surface area contributed by atoms with Gasteiger partial charge in [0.15, 0.2) is 5.92 Å². The summed E-state index contributed by atoms with van der Waals surface area (Å²) in [6.07, 6.45) is 1.17. The molecule has 0 aromatic heterocycles. The van der Waals surface area contributed by atoms with Crippen molar-refractivity contribution in [3.05, 3.63) is 94.0 Å². The Balaban J connectivity index is 2.93. The number of benzene rings is 2. The molecule has 2 aromatic carbocycles. The fraction of sp³-hybridized carbons (Fsp3) is 0.0400. The van der Waals surface area contributed by atoms with Crippen LogP contribution in [0.4, 0.5) is 11.4 Å². The highest BCUT2D eigenvalue weighted by Gasteiger charge is 2.21. The third kappa shape index (κ3) is 5.22. The van der Waals surface area contributed by atoms with E-state index in [9.17, 15) is 26.3 Å². The molecule has 0 saturated heterocycles. The van der Waals surface area contributed by atoms with Crippen LogP contribution in [0.1, 0.15) is 11.1 Å². The lowest BCUT2D eigenvalue weighted by atomic mass is 9.88. The minimum absolute atomic E-state index is 0.00451. The van der Waals surface area contributed by atoms with Crippen LogP contribution in [0, 0.1) is 69.1 Å². The molecule has 2 aromatic rings. The smallest absolute Gasteiger partial charge is 0.270 e. The zero-order chi connectivity index (χ0) is 24.4. The summed E-state index contributed by atoms with van der Waals surface area (Å²) in [6, 6.07) is 21.7. The van der Waals surface area contributed by atoms with Crippen LogP contribution >= 0.6 is 0 Å². The van der Waals surface area contributed by atoms with Crippen molar-refractivity contribution in [2.75, 3.05) is 11.5 Å². The molecule has 0 unspecified atom stereocenters. The Bertz CT molecular complexity index is 1380. The summed E-state index contributed by atoms with van der Waals surface area (Å²) in [7, 11) is 0. The molecule has 0 atom stereocenters. The number of nitrogens with zero attached hydrogens (tertiary/aromatic N) is 6. The van der Waals surface area contributed by atoms with Gasteiger partial charge in [0.05, 0.1) is 48.1 Å². The summed E-state index contributed by atoms with van der Waals surface area (Å²) in [5.74, 6) is -1.32. The molecule has 8 nitrogen and oxygen atoms in total. The van der Waals surface area contributed by atoms with Gasteiger partial charge in [-0.05, 0) is 41.5 Å². The molecule has 4 N–H and O–H groups in total. The standard InChI is InChI=1S/C25H14N8/c1-33-23(15-30)25(17-4-8-22(32)9-5-17)19(12-27)10-18(11-26)24(20(13-28)14-29)16-2-6-21(31)7-3-16/h2-10,20H,31-32H2/b19-10+,24-18-,25-23+. The molecule has 2 rings (SSSR count). The fourth-order valence-electron chi connectivity index (χ4n) is 2.98. The van der Waals surface area contributed by atoms with Gasteiger partial charge < -0.3 is 11.5 Å². The van der Waals surface area contributed by atoms with Crippen LogP contribution in [0.15, 0.2) is 71.5 Å². The predicted octanol–water partition coefficient (Wildman–Crippen LogP) is 4.10. The van der Waals surface area contributed by atoms with Gasteiger partial charge >= 0.3 is 0 Å². The van der Waals surface area contributed by atoms with E-state index in [1.807, 2.05) is 24.3 Å². The zero-order valence-electron chi connectivity index (χ0n) is 17.1. The Hall–Kier alpha value is -5.80. The Labute approximate surface area is 190 Å². The first-order chi connectivity index (χ1) is 15.9. The third-order valence-electron chi connectivity index (χ3n) is 4.51. The average molecular weight is 426 g/mol. The second-order valence-corrected chi connectivity index (χ2v) is 6.49. The second-order valence-electron chi connectivity index (χ2n) is 6.49. The number of rotatable bonds is 5. The largest absolute Gasteiger partial charge is 0.399 e. The molecule has 0 heterocycles. The van der Waals surface area contributed by atoms with Crippen LogP contribution in [0.3, 0.4) is 0 Å². The van der Waals surface area contributed by atoms with Crippen molar-refractivity contribution in [1.29, 1.82) is 26.3 Å². The van der Waals surface area contributed by atoms with Gasteiger partial charge in [-0.3, -0.25) is 0 Å². The highest BCUT2D eigenvalue weighted by atomic mass is 14.7. The quantitative estimate of drug-likeness (QED) is 0.313. The summed E-state index contributed by atoms with van der Waals surface area (Å²) in [5.41, 5.74) is 12.5. The van der Waals surface area contributed by atoms with Crippen LogP contribution in [0.25, 0.3) is 16.0 Å². The van der Waals surface area contributed by atoms with Gasteiger partial charge in [0, 0.05) is 22.5 Å². The van der Waals surface area contributed by atoms with Crippen LogP contribution in [0.5, 0.6) is 0 Å². The van der Waals surface area contributed by atoms with E-state index in [4.69, 9.17) is 18.0 Å². The van der Waals surface area contributed by atoms with Crippen LogP contribution in [-0.4, -0.2) is 0 Å². The first-order valence-electron chi connectivity index (χ1n) is 9.23. The van der Waals surface area contributed by atoms with Gasteiger partial charge in [0.25, 0.3) is 5.70 Å². The number of nitrogen functional groups attached to an aromatic ring is 2. The lowest BCUT2D eigenvalue weighted by Crippen LogP contribution is -2.02. The lowest BCUT2D eigenvalue weighted by Gasteiger charge is -2.12. The first kappa shape index (κ1) is 23.5. The Kier molecular flexibility index (Phi) is 7.70. The Morgan fingerprint density at radius 1 is 0.788 bits per heavy atom. The summed E-state index contributed by atoms with van der Waals surface area (Å²) in [5, 5.41) is 48.2. The number of allylic oxidation sites excluding steroid dienone is 6. The monoisotopic (exact) mass is 426 g/mol. The maximum atomic E-state index is 9.87. The van der Waals surface area contributed by atoms with Crippen LogP contribution in [0.2, 0.25) is 0 Å². The van der Waals surface area contributed by atoms with E-state index in [0.717, 1.165) is 0 Å². The van der Waals surface area contributed by atoms with Gasteiger partial charge in [-0.25, -0.2) is 10.1 Å². The van der Waals surface area contributed by atoms with E-state index in [-0.39, 0.29) is 28.0 Å². The van der Waals surface area contributed by atoms with Gasteiger partial charge in [0.2, 0.25) is 0 Å². The van der Waals surface area contributed by atoms with E-state index < -0.39 is 5.92 Å². The number of nitrogens with two attached hydrogens (primary N) is 2. The molecule has 0 aliphatic rings. The van der Waals surface area contributed by atoms with E-state index in [1.165, 1.54) is 6.08 Å². The minimum atomic E-state index is -1.32.